The molecule has 0 spiro atoms. The van der Waals surface area contributed by atoms with Gasteiger partial charge in [0.05, 0.1) is 5.56 Å². The average Bonchev–Trinajstić information content (AvgIpc) is 2.42. The number of nitrogens with two attached hydrogens (primary N) is 1. The summed E-state index contributed by atoms with van der Waals surface area (Å²) in [5.41, 5.74) is 5.01. The normalized spacial score (nSPS) is 11.7. The Kier molecular flexibility index (Phi) is 5.35. The number of rotatable bonds is 4. The summed E-state index contributed by atoms with van der Waals surface area (Å²) in [6.45, 7) is 0.194. The van der Waals surface area contributed by atoms with Crippen LogP contribution in [0.4, 0.5) is 13.2 Å². The molecule has 2 aromatic rings. The molecular formula is C15H13BrF3NS. The van der Waals surface area contributed by atoms with Crippen molar-refractivity contribution in [2.75, 3.05) is 6.54 Å². The van der Waals surface area contributed by atoms with Crippen LogP contribution in [0.2, 0.25) is 0 Å². The second-order valence-electron chi connectivity index (χ2n) is 4.39. The molecule has 0 radical (unpaired) electrons. The lowest BCUT2D eigenvalue weighted by Crippen LogP contribution is -2.12. The third kappa shape index (κ3) is 4.25. The Labute approximate surface area is 133 Å². The zero-order valence-corrected chi connectivity index (χ0v) is 13.4. The molecule has 0 fully saturated rings. The number of halogens is 4. The lowest BCUT2D eigenvalue weighted by molar-refractivity contribution is -0.138. The van der Waals surface area contributed by atoms with Crippen LogP contribution in [0.3, 0.4) is 0 Å². The molecule has 0 aliphatic heterocycles. The molecule has 0 bridgehead atoms. The van der Waals surface area contributed by atoms with Crippen LogP contribution in [0.5, 0.6) is 0 Å². The van der Waals surface area contributed by atoms with Crippen molar-refractivity contribution in [2.45, 2.75) is 22.4 Å². The highest BCUT2D eigenvalue weighted by molar-refractivity contribution is 9.10. The van der Waals surface area contributed by atoms with Gasteiger partial charge in [0.25, 0.3) is 0 Å². The van der Waals surface area contributed by atoms with Crippen LogP contribution < -0.4 is 5.73 Å². The predicted octanol–water partition coefficient (Wildman–Crippen LogP) is 5.12. The molecule has 2 N–H and O–H groups in total. The number of hydrogen-bond donors (Lipinski definition) is 1. The van der Waals surface area contributed by atoms with Gasteiger partial charge in [0.1, 0.15) is 0 Å². The first-order valence-electron chi connectivity index (χ1n) is 6.24. The summed E-state index contributed by atoms with van der Waals surface area (Å²) >= 11 is 4.68. The Balaban J connectivity index is 2.36. The molecule has 0 aliphatic carbocycles. The molecule has 2 rings (SSSR count). The fourth-order valence-electron chi connectivity index (χ4n) is 1.91. The first-order chi connectivity index (χ1) is 9.91. The van der Waals surface area contributed by atoms with Crippen LogP contribution in [0, 0.1) is 0 Å². The van der Waals surface area contributed by atoms with E-state index >= 15 is 0 Å². The van der Waals surface area contributed by atoms with Crippen LogP contribution in [0.1, 0.15) is 11.1 Å². The van der Waals surface area contributed by atoms with Gasteiger partial charge in [0.2, 0.25) is 0 Å². The fourth-order valence-corrected chi connectivity index (χ4v) is 3.32. The van der Waals surface area contributed by atoms with Crippen molar-refractivity contribution in [1.29, 1.82) is 0 Å². The van der Waals surface area contributed by atoms with Crippen molar-refractivity contribution < 1.29 is 13.2 Å². The standard InChI is InChI=1S/C15H13BrF3NS/c16-13-3-1-2-4-14(13)21-11-6-5-10(7-8-20)12(9-11)15(17,18)19/h1-6,9H,7-8,20H2. The second-order valence-corrected chi connectivity index (χ2v) is 6.36. The molecule has 0 saturated carbocycles. The fraction of sp³-hybridized carbons (Fsp3) is 0.200. The average molecular weight is 376 g/mol. The highest BCUT2D eigenvalue weighted by Gasteiger charge is 2.33. The predicted molar refractivity (Wildman–Crippen MR) is 82.5 cm³/mol. The van der Waals surface area contributed by atoms with Crippen molar-refractivity contribution in [3.05, 3.63) is 58.1 Å². The largest absolute Gasteiger partial charge is 0.416 e. The third-order valence-corrected chi connectivity index (χ3v) is 4.88. The Hall–Kier alpha value is -0.980. The molecule has 0 aliphatic rings. The molecule has 6 heteroatoms. The third-order valence-electron chi connectivity index (χ3n) is 2.86. The van der Waals surface area contributed by atoms with Crippen molar-refractivity contribution >= 4 is 27.7 Å². The van der Waals surface area contributed by atoms with E-state index in [1.165, 1.54) is 23.9 Å². The van der Waals surface area contributed by atoms with Gasteiger partial charge in [-0.1, -0.05) is 30.0 Å². The van der Waals surface area contributed by atoms with Crippen molar-refractivity contribution in [2.24, 2.45) is 5.73 Å². The summed E-state index contributed by atoms with van der Waals surface area (Å²) < 4.78 is 40.2. The van der Waals surface area contributed by atoms with E-state index in [-0.39, 0.29) is 18.5 Å². The van der Waals surface area contributed by atoms with E-state index in [4.69, 9.17) is 5.73 Å². The summed E-state index contributed by atoms with van der Waals surface area (Å²) in [6, 6.07) is 11.8. The SMILES string of the molecule is NCCc1ccc(Sc2ccccc2Br)cc1C(F)(F)F. The molecule has 112 valence electrons. The molecule has 21 heavy (non-hydrogen) atoms. The van der Waals surface area contributed by atoms with E-state index in [1.54, 1.807) is 6.07 Å². The Morgan fingerprint density at radius 1 is 1.10 bits per heavy atom. The summed E-state index contributed by atoms with van der Waals surface area (Å²) in [4.78, 5) is 1.42. The zero-order chi connectivity index (χ0) is 15.5. The summed E-state index contributed by atoms with van der Waals surface area (Å²) in [7, 11) is 0. The number of benzene rings is 2. The maximum absolute atomic E-state index is 13.1. The van der Waals surface area contributed by atoms with Gasteiger partial charge in [-0.15, -0.1) is 0 Å². The minimum Gasteiger partial charge on any atom is -0.330 e. The summed E-state index contributed by atoms with van der Waals surface area (Å²) in [5, 5.41) is 0. The van der Waals surface area contributed by atoms with Gasteiger partial charge in [0, 0.05) is 14.3 Å². The molecule has 0 saturated heterocycles. The van der Waals surface area contributed by atoms with Gasteiger partial charge in [0.15, 0.2) is 0 Å². The minimum atomic E-state index is -4.37. The molecule has 0 heterocycles. The van der Waals surface area contributed by atoms with Gasteiger partial charge in [-0.3, -0.25) is 0 Å². The van der Waals surface area contributed by atoms with Gasteiger partial charge in [-0.25, -0.2) is 0 Å². The molecule has 0 aromatic heterocycles. The Bertz CT molecular complexity index is 629. The second kappa shape index (κ2) is 6.85. The van der Waals surface area contributed by atoms with Crippen LogP contribution >= 0.6 is 27.7 Å². The van der Waals surface area contributed by atoms with E-state index in [9.17, 15) is 13.2 Å². The van der Waals surface area contributed by atoms with E-state index in [1.807, 2.05) is 24.3 Å². The Morgan fingerprint density at radius 3 is 2.43 bits per heavy atom. The maximum atomic E-state index is 13.1. The van der Waals surface area contributed by atoms with E-state index < -0.39 is 11.7 Å². The molecule has 0 atom stereocenters. The summed E-state index contributed by atoms with van der Waals surface area (Å²) in [6.07, 6.45) is -4.15. The summed E-state index contributed by atoms with van der Waals surface area (Å²) in [5.74, 6) is 0. The van der Waals surface area contributed by atoms with Gasteiger partial charge in [-0.05, 0) is 58.7 Å². The first-order valence-corrected chi connectivity index (χ1v) is 7.85. The topological polar surface area (TPSA) is 26.0 Å². The van der Waals surface area contributed by atoms with Crippen molar-refractivity contribution in [3.8, 4) is 0 Å². The smallest absolute Gasteiger partial charge is 0.330 e. The molecule has 0 unspecified atom stereocenters. The van der Waals surface area contributed by atoms with Crippen LogP contribution in [0.25, 0.3) is 0 Å². The number of alkyl halides is 3. The molecule has 1 nitrogen and oxygen atoms in total. The highest BCUT2D eigenvalue weighted by Crippen LogP contribution is 2.38. The maximum Gasteiger partial charge on any atom is 0.416 e. The Morgan fingerprint density at radius 2 is 1.81 bits per heavy atom. The number of hydrogen-bond acceptors (Lipinski definition) is 2. The van der Waals surface area contributed by atoms with Crippen molar-refractivity contribution in [1.82, 2.24) is 0 Å². The van der Waals surface area contributed by atoms with Crippen molar-refractivity contribution in [3.63, 3.8) is 0 Å². The highest BCUT2D eigenvalue weighted by atomic mass is 79.9. The molecule has 2 aromatic carbocycles. The first kappa shape index (κ1) is 16.4. The monoisotopic (exact) mass is 375 g/mol. The van der Waals surface area contributed by atoms with E-state index in [0.29, 0.717) is 4.90 Å². The van der Waals surface area contributed by atoms with E-state index in [0.717, 1.165) is 9.37 Å². The lowest BCUT2D eigenvalue weighted by Gasteiger charge is -2.14. The van der Waals surface area contributed by atoms with Crippen LogP contribution in [-0.2, 0) is 12.6 Å². The quantitative estimate of drug-likeness (QED) is 0.802. The lowest BCUT2D eigenvalue weighted by atomic mass is 10.0. The molecule has 0 amide bonds. The van der Waals surface area contributed by atoms with Gasteiger partial charge in [-0.2, -0.15) is 13.2 Å². The van der Waals surface area contributed by atoms with E-state index in [2.05, 4.69) is 15.9 Å². The minimum absolute atomic E-state index is 0.194. The zero-order valence-electron chi connectivity index (χ0n) is 11.0. The molecular weight excluding hydrogens is 363 g/mol. The van der Waals surface area contributed by atoms with Gasteiger partial charge < -0.3 is 5.73 Å². The van der Waals surface area contributed by atoms with Gasteiger partial charge >= 0.3 is 6.18 Å². The van der Waals surface area contributed by atoms with Crippen LogP contribution in [-0.4, -0.2) is 6.54 Å². The van der Waals surface area contributed by atoms with Crippen LogP contribution in [0.15, 0.2) is 56.7 Å².